The van der Waals surface area contributed by atoms with Gasteiger partial charge < -0.3 is 79.1 Å². The Morgan fingerprint density at radius 2 is 1.05 bits per heavy atom. The van der Waals surface area contributed by atoms with Gasteiger partial charge in [0.2, 0.25) is 0 Å². The number of rotatable bonds is 16. The Bertz CT molecular complexity index is 2190. The highest BCUT2D eigenvalue weighted by Gasteiger charge is 2.46. The molecule has 6 heterocycles. The molecule has 34 heteroatoms. The average Bonchev–Trinajstić information content (AvgIpc) is 3.86. The van der Waals surface area contributed by atoms with E-state index in [-0.39, 0.29) is 44.3 Å². The zero-order valence-corrected chi connectivity index (χ0v) is 33.9. The minimum absolute atomic E-state index is 0.0114. The van der Waals surface area contributed by atoms with Gasteiger partial charge in [-0.05, 0) is 12.5 Å². The molecule has 28 nitrogen and oxygen atoms in total. The standard InChI is InChI=1S/C23H34N10O18P4S2/c1-56-22-28-16(24)10-18(30-22)32(5-26-10)20-14(36)12(34)8(48-20)3-46-54(42,43)50-52(38,39)7-53(40,41)51-55(44,45)47-4-9-13(35)15(37)21(49-9)33-6-27-11-17(25)29-23(57-2)31-19(11)33/h5-6,8-9,12-15,20-21,34-37H,3-4,7H2,1-2H3,(H,38,39)(H,40,41)(H,42,43)(H,44,45)(H2,24,28,30)(H2,25,29,31)/p-4/t8-,9-,12-,13-,14-,15-,20-,21-/m1/s1. The number of nitrogens with two attached hydrogens (primary N) is 2. The van der Waals surface area contributed by atoms with Crippen LogP contribution in [0.1, 0.15) is 12.5 Å². The largest absolute Gasteiger partial charge is 0.778 e. The minimum Gasteiger partial charge on any atom is -0.778 e. The molecule has 0 spiro atoms. The minimum atomic E-state index is -6.11. The van der Waals surface area contributed by atoms with Crippen molar-refractivity contribution < 1.29 is 85.4 Å². The molecular weight excluding hydrogens is 892 g/mol. The Morgan fingerprint density at radius 1 is 0.684 bits per heavy atom. The van der Waals surface area contributed by atoms with Crippen molar-refractivity contribution in [2.24, 2.45) is 0 Å². The topological polar surface area (TPSA) is 436 Å². The lowest BCUT2D eigenvalue weighted by Gasteiger charge is -2.37. The fraction of sp³-hybridized carbons (Fsp3) is 0.565. The quantitative estimate of drug-likeness (QED) is 0.0362. The Kier molecular flexibility index (Phi) is 13.0. The summed E-state index contributed by atoms with van der Waals surface area (Å²) in [5, 5.41) is 42.7. The van der Waals surface area contributed by atoms with E-state index < -0.39 is 99.0 Å². The zero-order chi connectivity index (χ0) is 41.8. The number of hydrogen-bond donors (Lipinski definition) is 6. The second kappa shape index (κ2) is 16.7. The van der Waals surface area contributed by atoms with Crippen molar-refractivity contribution in [2.75, 3.05) is 43.1 Å². The highest BCUT2D eigenvalue weighted by molar-refractivity contribution is 7.98. The summed E-state index contributed by atoms with van der Waals surface area (Å²) in [5.74, 6) is -2.38. The van der Waals surface area contributed by atoms with Gasteiger partial charge in [-0.2, -0.15) is 0 Å². The Balaban J connectivity index is 1.02. The zero-order valence-electron chi connectivity index (χ0n) is 28.7. The maximum atomic E-state index is 12.4. The van der Waals surface area contributed by atoms with Crippen LogP contribution in [0.3, 0.4) is 0 Å². The van der Waals surface area contributed by atoms with Crippen molar-refractivity contribution in [1.29, 1.82) is 0 Å². The summed E-state index contributed by atoms with van der Waals surface area (Å²) in [6, 6.07) is 0. The molecule has 2 aliphatic heterocycles. The van der Waals surface area contributed by atoms with Gasteiger partial charge in [-0.1, -0.05) is 23.5 Å². The summed E-state index contributed by atoms with van der Waals surface area (Å²) >= 11 is 2.26. The van der Waals surface area contributed by atoms with E-state index >= 15 is 0 Å². The molecule has 8 N–H and O–H groups in total. The molecule has 0 saturated carbocycles. The maximum absolute atomic E-state index is 12.4. The maximum Gasteiger partial charge on any atom is 0.272 e. The summed E-state index contributed by atoms with van der Waals surface area (Å²) in [4.78, 5) is 74.3. The molecule has 4 unspecified atom stereocenters. The van der Waals surface area contributed by atoms with Crippen LogP contribution in [-0.4, -0.2) is 128 Å². The monoisotopic (exact) mass is 922 g/mol. The smallest absolute Gasteiger partial charge is 0.272 e. The number of ether oxygens (including phenoxy) is 2. The van der Waals surface area contributed by atoms with Gasteiger partial charge in [-0.15, -0.1) is 0 Å². The summed E-state index contributed by atoms with van der Waals surface area (Å²) in [5.41, 5.74) is 12.2. The number of hydrogen-bond acceptors (Lipinski definition) is 28. The van der Waals surface area contributed by atoms with E-state index in [0.717, 1.165) is 36.2 Å². The lowest BCUT2D eigenvalue weighted by atomic mass is 10.1. The van der Waals surface area contributed by atoms with Crippen LogP contribution in [0.15, 0.2) is 23.0 Å². The third-order valence-corrected chi connectivity index (χ3v) is 16.4. The van der Waals surface area contributed by atoms with Gasteiger partial charge in [0.05, 0.1) is 31.8 Å². The third-order valence-electron chi connectivity index (χ3n) is 8.03. The molecule has 0 bridgehead atoms. The number of nitrogen functional groups attached to an aromatic ring is 2. The second-order valence-corrected chi connectivity index (χ2v) is 20.7. The highest BCUT2D eigenvalue weighted by Crippen LogP contribution is 2.65. The van der Waals surface area contributed by atoms with E-state index in [0.29, 0.717) is 0 Å². The molecule has 0 amide bonds. The van der Waals surface area contributed by atoms with Crippen LogP contribution in [-0.2, 0) is 45.4 Å². The van der Waals surface area contributed by atoms with Crippen molar-refractivity contribution in [3.63, 3.8) is 0 Å². The SMILES string of the molecule is CSc1nc(N)c2ncn([C@@H]3O[C@H](COP(=O)([O-])OP(=O)([O-])CP(=O)([O-])OP(=O)([O-])OC[C@H]4O[C@@H](n5cnc6c(N)nc(SC)nc65)[C@H](O)[C@@H]4O)[C@@H](O)[C@H]3O)c2n1. The summed E-state index contributed by atoms with van der Waals surface area (Å²) in [6.45, 7) is -2.35. The molecule has 4 aromatic rings. The van der Waals surface area contributed by atoms with Crippen LogP contribution in [0.2, 0.25) is 0 Å². The molecule has 0 aromatic carbocycles. The van der Waals surface area contributed by atoms with E-state index in [1.54, 1.807) is 12.5 Å². The van der Waals surface area contributed by atoms with Gasteiger partial charge in [0.15, 0.2) is 60.9 Å². The average molecular weight is 923 g/mol. The molecule has 2 fully saturated rings. The van der Waals surface area contributed by atoms with Crippen molar-refractivity contribution in [3.8, 4) is 0 Å². The molecule has 4 aromatic heterocycles. The number of nitrogens with zero attached hydrogens (tertiary/aromatic N) is 8. The number of thioether (sulfide) groups is 2. The number of anilines is 2. The molecule has 6 rings (SSSR count). The Morgan fingerprint density at radius 3 is 1.40 bits per heavy atom. The van der Waals surface area contributed by atoms with Gasteiger partial charge >= 0.3 is 0 Å². The first-order chi connectivity index (χ1) is 26.5. The lowest BCUT2D eigenvalue weighted by Crippen LogP contribution is -2.34. The van der Waals surface area contributed by atoms with E-state index in [2.05, 4.69) is 47.6 Å². The van der Waals surface area contributed by atoms with Crippen LogP contribution < -0.4 is 31.0 Å². The van der Waals surface area contributed by atoms with Gasteiger partial charge in [0.25, 0.3) is 15.6 Å². The Hall–Kier alpha value is -2.24. The van der Waals surface area contributed by atoms with E-state index in [9.17, 15) is 58.3 Å². The third kappa shape index (κ3) is 9.71. The van der Waals surface area contributed by atoms with Crippen LogP contribution in [0.5, 0.6) is 0 Å². The fourth-order valence-electron chi connectivity index (χ4n) is 5.53. The molecule has 2 saturated heterocycles. The first kappa shape index (κ1) is 44.3. The van der Waals surface area contributed by atoms with Crippen LogP contribution >= 0.6 is 54.4 Å². The number of aliphatic hydroxyl groups excluding tert-OH is 4. The molecule has 2 aliphatic rings. The van der Waals surface area contributed by atoms with Crippen molar-refractivity contribution in [3.05, 3.63) is 12.7 Å². The lowest BCUT2D eigenvalue weighted by molar-refractivity contribution is -0.235. The van der Waals surface area contributed by atoms with E-state index in [1.807, 2.05) is 0 Å². The number of phosphoric ester groups is 2. The predicted molar refractivity (Wildman–Crippen MR) is 184 cm³/mol. The summed E-state index contributed by atoms with van der Waals surface area (Å²) in [6.07, 6.45) is -7.75. The van der Waals surface area contributed by atoms with E-state index in [4.69, 9.17) is 20.9 Å². The van der Waals surface area contributed by atoms with Crippen molar-refractivity contribution in [1.82, 2.24) is 39.0 Å². The molecule has 12 atom stereocenters. The number of aromatic nitrogens is 8. The molecular formula is C23H30N10O18P4S2-4. The first-order valence-corrected chi connectivity index (χ1v) is 24.4. The normalized spacial score (nSPS) is 29.6. The first-order valence-electron chi connectivity index (χ1n) is 15.6. The summed E-state index contributed by atoms with van der Waals surface area (Å²) < 4.78 is 79.8. The van der Waals surface area contributed by atoms with Gasteiger partial charge in [-0.25, -0.2) is 29.9 Å². The number of fused-ring (bicyclic) bond motifs is 2. The fourth-order valence-corrected chi connectivity index (χ4v) is 12.8. The van der Waals surface area contributed by atoms with Gasteiger partial charge in [0, 0.05) is 0 Å². The van der Waals surface area contributed by atoms with E-state index in [1.165, 1.54) is 9.13 Å². The molecule has 0 radical (unpaired) electrons. The predicted octanol–water partition coefficient (Wildman–Crippen LogP) is -3.42. The Labute approximate surface area is 327 Å². The highest BCUT2D eigenvalue weighted by atomic mass is 32.2. The molecule has 316 valence electrons. The summed E-state index contributed by atoms with van der Waals surface area (Å²) in [7, 11) is -24.3. The molecule has 0 aliphatic carbocycles. The van der Waals surface area contributed by atoms with Crippen LogP contribution in [0.25, 0.3) is 22.3 Å². The second-order valence-electron chi connectivity index (χ2n) is 11.9. The van der Waals surface area contributed by atoms with Crippen molar-refractivity contribution in [2.45, 2.75) is 59.4 Å². The van der Waals surface area contributed by atoms with Crippen LogP contribution in [0, 0.1) is 0 Å². The molecule has 57 heavy (non-hydrogen) atoms. The van der Waals surface area contributed by atoms with Gasteiger partial charge in [-0.3, -0.25) is 26.9 Å². The number of imidazole rings is 2. The van der Waals surface area contributed by atoms with Crippen LogP contribution in [0.4, 0.5) is 11.6 Å². The van der Waals surface area contributed by atoms with Gasteiger partial charge in [0.1, 0.15) is 47.7 Å². The number of aliphatic hydroxyl groups is 4. The van der Waals surface area contributed by atoms with Crippen molar-refractivity contribution >= 4 is 88.3 Å². The number of phosphoric acid groups is 2.